The van der Waals surface area contributed by atoms with Gasteiger partial charge < -0.3 is 4.74 Å². The first-order chi connectivity index (χ1) is 6.84. The van der Waals surface area contributed by atoms with Gasteiger partial charge in [-0.3, -0.25) is 4.79 Å². The fourth-order valence-corrected chi connectivity index (χ4v) is 2.25. The molecule has 0 aromatic carbocycles. The van der Waals surface area contributed by atoms with E-state index in [0.29, 0.717) is 0 Å². The molecule has 0 aromatic rings. The van der Waals surface area contributed by atoms with E-state index >= 15 is 0 Å². The van der Waals surface area contributed by atoms with Gasteiger partial charge in [-0.25, -0.2) is 0 Å². The maximum absolute atomic E-state index is 11.0. The molecule has 1 fully saturated rings. The molecular weight excluding hydrogens is 188 g/mol. The molecule has 0 aliphatic heterocycles. The van der Waals surface area contributed by atoms with Crippen LogP contribution >= 0.6 is 0 Å². The standard InChI is InChI=1S/C13H20O2/c1-9(2)12-6-7-13(5,8-10(12)3)15-11(4)14/h3,6-8H2,1-2,4-5H3. The number of carbonyl (C=O) groups is 1. The molecule has 0 amide bonds. The Hall–Kier alpha value is -1.05. The Labute approximate surface area is 92.0 Å². The third-order valence-corrected chi connectivity index (χ3v) is 2.91. The summed E-state index contributed by atoms with van der Waals surface area (Å²) < 4.78 is 5.35. The van der Waals surface area contributed by atoms with Crippen molar-refractivity contribution >= 4 is 5.97 Å². The van der Waals surface area contributed by atoms with E-state index in [1.807, 2.05) is 6.92 Å². The highest BCUT2D eigenvalue weighted by Crippen LogP contribution is 2.38. The van der Waals surface area contributed by atoms with Gasteiger partial charge in [0.15, 0.2) is 0 Å². The Bertz CT molecular complexity index is 321. The molecule has 0 heterocycles. The molecule has 0 bridgehead atoms. The number of carbonyl (C=O) groups excluding carboxylic acids is 1. The topological polar surface area (TPSA) is 26.3 Å². The molecule has 1 atom stereocenters. The van der Waals surface area contributed by atoms with Gasteiger partial charge in [0.25, 0.3) is 0 Å². The Morgan fingerprint density at radius 2 is 2.00 bits per heavy atom. The molecule has 0 aromatic heterocycles. The summed E-state index contributed by atoms with van der Waals surface area (Å²) in [5.41, 5.74) is 3.44. The van der Waals surface area contributed by atoms with Crippen molar-refractivity contribution in [3.8, 4) is 0 Å². The molecule has 0 radical (unpaired) electrons. The molecule has 15 heavy (non-hydrogen) atoms. The van der Waals surface area contributed by atoms with Gasteiger partial charge in [-0.05, 0) is 44.8 Å². The van der Waals surface area contributed by atoms with E-state index in [2.05, 4.69) is 20.4 Å². The molecule has 0 N–H and O–H groups in total. The fraction of sp³-hybridized carbons (Fsp3) is 0.615. The minimum Gasteiger partial charge on any atom is -0.459 e. The molecule has 2 nitrogen and oxygen atoms in total. The molecule has 1 saturated carbocycles. The Morgan fingerprint density at radius 3 is 2.40 bits per heavy atom. The molecule has 1 rings (SSSR count). The van der Waals surface area contributed by atoms with Gasteiger partial charge in [0.05, 0.1) is 0 Å². The van der Waals surface area contributed by atoms with Crippen molar-refractivity contribution in [3.63, 3.8) is 0 Å². The van der Waals surface area contributed by atoms with Crippen LogP contribution in [-0.2, 0) is 9.53 Å². The van der Waals surface area contributed by atoms with Crippen molar-refractivity contribution in [1.82, 2.24) is 0 Å². The zero-order valence-corrected chi connectivity index (χ0v) is 10.1. The molecule has 1 unspecified atom stereocenters. The largest absolute Gasteiger partial charge is 0.459 e. The van der Waals surface area contributed by atoms with E-state index in [9.17, 15) is 4.79 Å². The van der Waals surface area contributed by atoms with Crippen molar-refractivity contribution in [1.29, 1.82) is 0 Å². The molecule has 1 aliphatic rings. The third-order valence-electron chi connectivity index (χ3n) is 2.91. The predicted octanol–water partition coefficient (Wildman–Crippen LogP) is 3.38. The Balaban J connectivity index is 2.78. The first-order valence-corrected chi connectivity index (χ1v) is 5.38. The lowest BCUT2D eigenvalue weighted by Crippen LogP contribution is -2.34. The average molecular weight is 208 g/mol. The highest BCUT2D eigenvalue weighted by Gasteiger charge is 2.33. The van der Waals surface area contributed by atoms with Gasteiger partial charge in [-0.1, -0.05) is 12.2 Å². The number of ether oxygens (including phenoxy) is 1. The second-order valence-corrected chi connectivity index (χ2v) is 4.80. The van der Waals surface area contributed by atoms with Crippen molar-refractivity contribution in [3.05, 3.63) is 23.3 Å². The van der Waals surface area contributed by atoms with Crippen LogP contribution in [0.1, 0.15) is 47.0 Å². The van der Waals surface area contributed by atoms with E-state index < -0.39 is 0 Å². The van der Waals surface area contributed by atoms with E-state index in [-0.39, 0.29) is 11.6 Å². The maximum Gasteiger partial charge on any atom is 0.303 e. The third kappa shape index (κ3) is 2.95. The number of hydrogen-bond donors (Lipinski definition) is 0. The summed E-state index contributed by atoms with van der Waals surface area (Å²) in [7, 11) is 0. The highest BCUT2D eigenvalue weighted by molar-refractivity contribution is 5.66. The van der Waals surface area contributed by atoms with Crippen molar-refractivity contribution < 1.29 is 9.53 Å². The second-order valence-electron chi connectivity index (χ2n) is 4.80. The highest BCUT2D eigenvalue weighted by atomic mass is 16.6. The summed E-state index contributed by atoms with van der Waals surface area (Å²) in [4.78, 5) is 11.0. The van der Waals surface area contributed by atoms with Crippen molar-refractivity contribution in [2.75, 3.05) is 0 Å². The number of allylic oxidation sites excluding steroid dienone is 2. The normalized spacial score (nSPS) is 26.4. The van der Waals surface area contributed by atoms with E-state index in [0.717, 1.165) is 24.8 Å². The minimum absolute atomic E-state index is 0.203. The van der Waals surface area contributed by atoms with Gasteiger partial charge >= 0.3 is 5.97 Å². The summed E-state index contributed by atoms with van der Waals surface area (Å²) in [5, 5.41) is 0. The van der Waals surface area contributed by atoms with Gasteiger partial charge in [-0.15, -0.1) is 0 Å². The predicted molar refractivity (Wildman–Crippen MR) is 61.5 cm³/mol. The van der Waals surface area contributed by atoms with Crippen LogP contribution in [0, 0.1) is 0 Å². The monoisotopic (exact) mass is 208 g/mol. The van der Waals surface area contributed by atoms with Crippen LogP contribution in [0.2, 0.25) is 0 Å². The Morgan fingerprint density at radius 1 is 1.40 bits per heavy atom. The summed E-state index contributed by atoms with van der Waals surface area (Å²) in [6.07, 6.45) is 2.62. The summed E-state index contributed by atoms with van der Waals surface area (Å²) in [6.45, 7) is 11.7. The lowest BCUT2D eigenvalue weighted by atomic mass is 9.79. The van der Waals surface area contributed by atoms with Crippen molar-refractivity contribution in [2.24, 2.45) is 0 Å². The number of hydrogen-bond acceptors (Lipinski definition) is 2. The van der Waals surface area contributed by atoms with Crippen LogP contribution in [0.4, 0.5) is 0 Å². The summed E-state index contributed by atoms with van der Waals surface area (Å²) in [5.74, 6) is -0.203. The van der Waals surface area contributed by atoms with Crippen LogP contribution in [0.25, 0.3) is 0 Å². The summed E-state index contributed by atoms with van der Waals surface area (Å²) >= 11 is 0. The van der Waals surface area contributed by atoms with Crippen LogP contribution in [0.3, 0.4) is 0 Å². The van der Waals surface area contributed by atoms with Gasteiger partial charge in [0.1, 0.15) is 5.60 Å². The average Bonchev–Trinajstić information content (AvgIpc) is 1.99. The first kappa shape index (κ1) is 12.0. The van der Waals surface area contributed by atoms with Crippen LogP contribution in [0.5, 0.6) is 0 Å². The zero-order valence-electron chi connectivity index (χ0n) is 10.1. The van der Waals surface area contributed by atoms with Gasteiger partial charge in [0, 0.05) is 13.3 Å². The zero-order chi connectivity index (χ0) is 11.6. The molecule has 2 heteroatoms. The van der Waals surface area contributed by atoms with Crippen LogP contribution in [0.15, 0.2) is 23.3 Å². The molecule has 0 spiro atoms. The van der Waals surface area contributed by atoms with E-state index in [4.69, 9.17) is 4.74 Å². The summed E-state index contributed by atoms with van der Waals surface area (Å²) in [6, 6.07) is 0. The maximum atomic E-state index is 11.0. The van der Waals surface area contributed by atoms with Crippen LogP contribution < -0.4 is 0 Å². The number of rotatable bonds is 1. The van der Waals surface area contributed by atoms with E-state index in [1.54, 1.807) is 0 Å². The minimum atomic E-state index is -0.345. The molecular formula is C13H20O2. The lowest BCUT2D eigenvalue weighted by Gasteiger charge is -2.35. The van der Waals surface area contributed by atoms with E-state index in [1.165, 1.54) is 18.1 Å². The second kappa shape index (κ2) is 4.21. The van der Waals surface area contributed by atoms with Crippen molar-refractivity contribution in [2.45, 2.75) is 52.6 Å². The molecule has 1 aliphatic carbocycles. The SMILES string of the molecule is C=C1CC(C)(OC(C)=O)CCC1=C(C)C. The quantitative estimate of drug-likeness (QED) is 0.617. The number of esters is 1. The van der Waals surface area contributed by atoms with Gasteiger partial charge in [0.2, 0.25) is 0 Å². The molecule has 84 valence electrons. The van der Waals surface area contributed by atoms with Gasteiger partial charge in [-0.2, -0.15) is 0 Å². The lowest BCUT2D eigenvalue weighted by molar-refractivity contribution is -0.156. The van der Waals surface area contributed by atoms with Crippen LogP contribution in [-0.4, -0.2) is 11.6 Å². The molecule has 0 saturated heterocycles. The fourth-order valence-electron chi connectivity index (χ4n) is 2.25. The Kier molecular flexibility index (Phi) is 3.38. The first-order valence-electron chi connectivity index (χ1n) is 5.38. The smallest absolute Gasteiger partial charge is 0.303 e.